The van der Waals surface area contributed by atoms with Crippen molar-refractivity contribution in [1.29, 1.82) is 0 Å². The smallest absolute Gasteiger partial charge is 0.261 e. The maximum Gasteiger partial charge on any atom is 0.261 e. The van der Waals surface area contributed by atoms with Gasteiger partial charge >= 0.3 is 0 Å². The fraction of sp³-hybridized carbons (Fsp3) is 0.545. The molecule has 1 aromatic rings. The summed E-state index contributed by atoms with van der Waals surface area (Å²) in [5, 5.41) is 4.91. The maximum absolute atomic E-state index is 11.6. The van der Waals surface area contributed by atoms with Crippen LogP contribution in [0.25, 0.3) is 0 Å². The van der Waals surface area contributed by atoms with Crippen molar-refractivity contribution in [2.45, 2.75) is 19.8 Å². The highest BCUT2D eigenvalue weighted by Gasteiger charge is 2.27. The van der Waals surface area contributed by atoms with Crippen molar-refractivity contribution in [2.75, 3.05) is 6.54 Å². The van der Waals surface area contributed by atoms with Crippen molar-refractivity contribution >= 4 is 17.2 Å². The zero-order valence-electron chi connectivity index (χ0n) is 8.32. The van der Waals surface area contributed by atoms with E-state index in [1.807, 2.05) is 17.5 Å². The first-order chi connectivity index (χ1) is 6.77. The summed E-state index contributed by atoms with van der Waals surface area (Å²) in [4.78, 5) is 12.4. The van der Waals surface area contributed by atoms with E-state index in [2.05, 4.69) is 12.2 Å². The number of hydrogen-bond donors (Lipinski definition) is 1. The SMILES string of the molecule is CC(CNC(=O)c1cccs1)C1CC1. The van der Waals surface area contributed by atoms with Crippen LogP contribution in [0.3, 0.4) is 0 Å². The molecule has 1 aromatic heterocycles. The molecule has 1 heterocycles. The van der Waals surface area contributed by atoms with Crippen LogP contribution in [0.2, 0.25) is 0 Å². The Morgan fingerprint density at radius 1 is 1.71 bits per heavy atom. The quantitative estimate of drug-likeness (QED) is 0.811. The lowest BCUT2D eigenvalue weighted by Gasteiger charge is -2.10. The fourth-order valence-corrected chi connectivity index (χ4v) is 2.22. The second kappa shape index (κ2) is 4.13. The van der Waals surface area contributed by atoms with E-state index >= 15 is 0 Å². The Balaban J connectivity index is 1.77. The summed E-state index contributed by atoms with van der Waals surface area (Å²) in [7, 11) is 0. The van der Waals surface area contributed by atoms with Crippen LogP contribution >= 0.6 is 11.3 Å². The van der Waals surface area contributed by atoms with Crippen molar-refractivity contribution in [3.8, 4) is 0 Å². The summed E-state index contributed by atoms with van der Waals surface area (Å²) in [6.07, 6.45) is 2.69. The number of thiophene rings is 1. The molecule has 0 radical (unpaired) electrons. The molecule has 1 fully saturated rings. The van der Waals surface area contributed by atoms with Crippen LogP contribution in [-0.4, -0.2) is 12.5 Å². The highest BCUT2D eigenvalue weighted by molar-refractivity contribution is 7.12. The summed E-state index contributed by atoms with van der Waals surface area (Å²) < 4.78 is 0. The maximum atomic E-state index is 11.6. The highest BCUT2D eigenvalue weighted by Crippen LogP contribution is 2.36. The molecule has 1 saturated carbocycles. The molecule has 2 nitrogen and oxygen atoms in total. The molecule has 1 unspecified atom stereocenters. The largest absolute Gasteiger partial charge is 0.351 e. The van der Waals surface area contributed by atoms with E-state index < -0.39 is 0 Å². The average molecular weight is 209 g/mol. The summed E-state index contributed by atoms with van der Waals surface area (Å²) >= 11 is 1.49. The van der Waals surface area contributed by atoms with Gasteiger partial charge in [-0.15, -0.1) is 11.3 Å². The number of carbonyl (C=O) groups is 1. The molecule has 0 aliphatic heterocycles. The molecule has 0 aromatic carbocycles. The number of hydrogen-bond acceptors (Lipinski definition) is 2. The zero-order chi connectivity index (χ0) is 9.97. The van der Waals surface area contributed by atoms with Crippen LogP contribution in [0.4, 0.5) is 0 Å². The molecule has 2 rings (SSSR count). The lowest BCUT2D eigenvalue weighted by atomic mass is 10.1. The van der Waals surface area contributed by atoms with Crippen LogP contribution < -0.4 is 5.32 Å². The van der Waals surface area contributed by atoms with Gasteiger partial charge in [0.2, 0.25) is 0 Å². The molecule has 1 aliphatic carbocycles. The third kappa shape index (κ3) is 2.35. The molecule has 1 aliphatic rings. The van der Waals surface area contributed by atoms with Gasteiger partial charge in [0.05, 0.1) is 4.88 Å². The van der Waals surface area contributed by atoms with Gasteiger partial charge in [-0.3, -0.25) is 4.79 Å². The first-order valence-corrected chi connectivity index (χ1v) is 5.97. The van der Waals surface area contributed by atoms with Crippen LogP contribution in [0.15, 0.2) is 17.5 Å². The Kier molecular flexibility index (Phi) is 2.87. The van der Waals surface area contributed by atoms with Crippen molar-refractivity contribution in [3.05, 3.63) is 22.4 Å². The van der Waals surface area contributed by atoms with Gasteiger partial charge < -0.3 is 5.32 Å². The van der Waals surface area contributed by atoms with Crippen LogP contribution in [-0.2, 0) is 0 Å². The molecule has 76 valence electrons. The number of amides is 1. The van der Waals surface area contributed by atoms with E-state index in [-0.39, 0.29) is 5.91 Å². The van der Waals surface area contributed by atoms with E-state index in [0.29, 0.717) is 5.92 Å². The number of carbonyl (C=O) groups excluding carboxylic acids is 1. The summed E-state index contributed by atoms with van der Waals surface area (Å²) in [6, 6.07) is 3.77. The minimum Gasteiger partial charge on any atom is -0.351 e. The van der Waals surface area contributed by atoms with Gasteiger partial charge in [-0.25, -0.2) is 0 Å². The molecule has 1 amide bonds. The third-order valence-electron chi connectivity index (χ3n) is 2.76. The van der Waals surface area contributed by atoms with Crippen LogP contribution in [0, 0.1) is 11.8 Å². The second-order valence-electron chi connectivity index (χ2n) is 4.00. The Morgan fingerprint density at radius 2 is 2.50 bits per heavy atom. The van der Waals surface area contributed by atoms with Crippen molar-refractivity contribution in [3.63, 3.8) is 0 Å². The molecule has 1 atom stereocenters. The van der Waals surface area contributed by atoms with Crippen LogP contribution in [0.1, 0.15) is 29.4 Å². The summed E-state index contributed by atoms with van der Waals surface area (Å²) in [5.74, 6) is 1.57. The summed E-state index contributed by atoms with van der Waals surface area (Å²) in [5.41, 5.74) is 0. The molecular formula is C11H15NOS. The van der Waals surface area contributed by atoms with Gasteiger partial charge in [-0.2, -0.15) is 0 Å². The molecule has 0 bridgehead atoms. The molecule has 0 spiro atoms. The van der Waals surface area contributed by atoms with Gasteiger partial charge in [0, 0.05) is 6.54 Å². The van der Waals surface area contributed by atoms with E-state index in [4.69, 9.17) is 0 Å². The molecule has 3 heteroatoms. The Hall–Kier alpha value is -0.830. The fourth-order valence-electron chi connectivity index (χ4n) is 1.58. The number of rotatable bonds is 4. The first kappa shape index (κ1) is 9.71. The second-order valence-corrected chi connectivity index (χ2v) is 4.95. The number of nitrogens with one attached hydrogen (secondary N) is 1. The minimum absolute atomic E-state index is 0.0764. The minimum atomic E-state index is 0.0764. The molecule has 0 saturated heterocycles. The van der Waals surface area contributed by atoms with Crippen LogP contribution in [0.5, 0.6) is 0 Å². The monoisotopic (exact) mass is 209 g/mol. The van der Waals surface area contributed by atoms with Gasteiger partial charge in [0.15, 0.2) is 0 Å². The Labute approximate surface area is 88.3 Å². The third-order valence-corrected chi connectivity index (χ3v) is 3.62. The predicted octanol–water partition coefficient (Wildman–Crippen LogP) is 2.52. The van der Waals surface area contributed by atoms with Crippen molar-refractivity contribution < 1.29 is 4.79 Å². The zero-order valence-corrected chi connectivity index (χ0v) is 9.14. The normalized spacial score (nSPS) is 17.8. The average Bonchev–Trinajstić information content (AvgIpc) is 2.90. The Bertz CT molecular complexity index is 303. The Morgan fingerprint density at radius 3 is 3.07 bits per heavy atom. The standard InChI is InChI=1S/C11H15NOS/c1-8(9-4-5-9)7-12-11(13)10-3-2-6-14-10/h2-3,6,8-9H,4-5,7H2,1H3,(H,12,13). The topological polar surface area (TPSA) is 29.1 Å². The summed E-state index contributed by atoms with van der Waals surface area (Å²) in [6.45, 7) is 3.04. The van der Waals surface area contributed by atoms with Crippen molar-refractivity contribution in [2.24, 2.45) is 11.8 Å². The lowest BCUT2D eigenvalue weighted by molar-refractivity contribution is 0.0951. The van der Waals surface area contributed by atoms with Gasteiger partial charge in [0.25, 0.3) is 5.91 Å². The van der Waals surface area contributed by atoms with E-state index in [0.717, 1.165) is 17.3 Å². The van der Waals surface area contributed by atoms with Gasteiger partial charge in [-0.05, 0) is 36.1 Å². The van der Waals surface area contributed by atoms with Gasteiger partial charge in [-0.1, -0.05) is 13.0 Å². The van der Waals surface area contributed by atoms with E-state index in [1.54, 1.807) is 0 Å². The lowest BCUT2D eigenvalue weighted by Crippen LogP contribution is -2.28. The van der Waals surface area contributed by atoms with Crippen molar-refractivity contribution in [1.82, 2.24) is 5.32 Å². The highest BCUT2D eigenvalue weighted by atomic mass is 32.1. The van der Waals surface area contributed by atoms with E-state index in [9.17, 15) is 4.79 Å². The molecule has 1 N–H and O–H groups in total. The van der Waals surface area contributed by atoms with Gasteiger partial charge in [0.1, 0.15) is 0 Å². The first-order valence-electron chi connectivity index (χ1n) is 5.09. The van der Waals surface area contributed by atoms with E-state index in [1.165, 1.54) is 24.2 Å². The predicted molar refractivity (Wildman–Crippen MR) is 58.5 cm³/mol. The molecule has 14 heavy (non-hydrogen) atoms. The molecular weight excluding hydrogens is 194 g/mol.